The molecule has 1 unspecified atom stereocenters. The fraction of sp³-hybridized carbons (Fsp3) is 0.562. The smallest absolute Gasteiger partial charge is 0.239 e. The van der Waals surface area contributed by atoms with E-state index in [0.29, 0.717) is 19.7 Å². The number of nitrogens with one attached hydrogen (secondary N) is 2. The van der Waals surface area contributed by atoms with E-state index in [0.717, 1.165) is 11.3 Å². The van der Waals surface area contributed by atoms with Gasteiger partial charge in [-0.25, -0.2) is 0 Å². The lowest BCUT2D eigenvalue weighted by molar-refractivity contribution is -0.129. The van der Waals surface area contributed by atoms with Gasteiger partial charge in [-0.2, -0.15) is 0 Å². The summed E-state index contributed by atoms with van der Waals surface area (Å²) in [6.45, 7) is 7.70. The van der Waals surface area contributed by atoms with Crippen LogP contribution in [-0.2, 0) is 9.53 Å². The Balaban J connectivity index is 1.78. The van der Waals surface area contributed by atoms with E-state index in [1.807, 2.05) is 45.0 Å². The first-order chi connectivity index (χ1) is 10.1. The quantitative estimate of drug-likeness (QED) is 0.857. The van der Waals surface area contributed by atoms with Gasteiger partial charge in [-0.1, -0.05) is 12.1 Å². The Hall–Kier alpha value is -1.59. The molecule has 5 nitrogen and oxygen atoms in total. The van der Waals surface area contributed by atoms with Crippen molar-refractivity contribution in [2.45, 2.75) is 39.0 Å². The Morgan fingerprint density at radius 2 is 2.38 bits per heavy atom. The minimum Gasteiger partial charge on any atom is -0.489 e. The zero-order chi connectivity index (χ0) is 15.2. The summed E-state index contributed by atoms with van der Waals surface area (Å²) in [5.41, 5.74) is 1.15. The van der Waals surface area contributed by atoms with Gasteiger partial charge in [0.2, 0.25) is 5.91 Å². The summed E-state index contributed by atoms with van der Waals surface area (Å²) in [5.74, 6) is 0.783. The lowest BCUT2D eigenvalue weighted by atomic mass is 10.1. The maximum Gasteiger partial charge on any atom is 0.239 e. The highest BCUT2D eigenvalue weighted by molar-refractivity contribution is 5.82. The predicted molar refractivity (Wildman–Crippen MR) is 81.5 cm³/mol. The van der Waals surface area contributed by atoms with E-state index in [2.05, 4.69) is 10.6 Å². The van der Waals surface area contributed by atoms with Crippen LogP contribution in [0.4, 0.5) is 0 Å². The molecule has 5 heteroatoms. The number of hydrogen-bond acceptors (Lipinski definition) is 4. The van der Waals surface area contributed by atoms with E-state index >= 15 is 0 Å². The molecule has 2 rings (SSSR count). The first-order valence-electron chi connectivity index (χ1n) is 7.42. The SMILES string of the molecule is Cc1cccc(OC(C)CNC(=O)[C@H]2NCCO[C@@H]2C)c1. The van der Waals surface area contributed by atoms with Gasteiger partial charge in [-0.3, -0.25) is 4.79 Å². The molecule has 3 atom stereocenters. The molecule has 0 aromatic heterocycles. The highest BCUT2D eigenvalue weighted by atomic mass is 16.5. The van der Waals surface area contributed by atoms with Gasteiger partial charge in [0.05, 0.1) is 19.3 Å². The zero-order valence-corrected chi connectivity index (χ0v) is 12.9. The number of amides is 1. The van der Waals surface area contributed by atoms with Crippen molar-refractivity contribution in [1.29, 1.82) is 0 Å². The summed E-state index contributed by atoms with van der Waals surface area (Å²) >= 11 is 0. The van der Waals surface area contributed by atoms with Gasteiger partial charge in [0.25, 0.3) is 0 Å². The Morgan fingerprint density at radius 3 is 3.10 bits per heavy atom. The normalized spacial score (nSPS) is 23.4. The van der Waals surface area contributed by atoms with Crippen LogP contribution in [0, 0.1) is 6.92 Å². The summed E-state index contributed by atoms with van der Waals surface area (Å²) in [7, 11) is 0. The van der Waals surface area contributed by atoms with Crippen LogP contribution in [0.1, 0.15) is 19.4 Å². The topological polar surface area (TPSA) is 59.6 Å². The van der Waals surface area contributed by atoms with Crippen molar-refractivity contribution < 1.29 is 14.3 Å². The predicted octanol–water partition coefficient (Wildman–Crippen LogP) is 1.26. The van der Waals surface area contributed by atoms with Crippen molar-refractivity contribution in [2.24, 2.45) is 0 Å². The van der Waals surface area contributed by atoms with Crippen molar-refractivity contribution in [1.82, 2.24) is 10.6 Å². The van der Waals surface area contributed by atoms with Crippen LogP contribution < -0.4 is 15.4 Å². The summed E-state index contributed by atoms with van der Waals surface area (Å²) in [6, 6.07) is 7.60. The number of ether oxygens (including phenoxy) is 2. The van der Waals surface area contributed by atoms with Crippen molar-refractivity contribution in [3.63, 3.8) is 0 Å². The van der Waals surface area contributed by atoms with E-state index in [-0.39, 0.29) is 24.2 Å². The molecule has 116 valence electrons. The molecule has 21 heavy (non-hydrogen) atoms. The van der Waals surface area contributed by atoms with Crippen molar-refractivity contribution in [3.05, 3.63) is 29.8 Å². The maximum absolute atomic E-state index is 12.1. The molecule has 1 fully saturated rings. The molecule has 1 aromatic rings. The van der Waals surface area contributed by atoms with E-state index < -0.39 is 0 Å². The van der Waals surface area contributed by atoms with Crippen LogP contribution in [0.2, 0.25) is 0 Å². The second-order valence-corrected chi connectivity index (χ2v) is 5.50. The number of rotatable bonds is 5. The summed E-state index contributed by atoms with van der Waals surface area (Å²) in [5, 5.41) is 6.08. The monoisotopic (exact) mass is 292 g/mol. The average molecular weight is 292 g/mol. The Morgan fingerprint density at radius 1 is 1.57 bits per heavy atom. The van der Waals surface area contributed by atoms with E-state index in [4.69, 9.17) is 9.47 Å². The van der Waals surface area contributed by atoms with Gasteiger partial charge in [0.1, 0.15) is 17.9 Å². The first-order valence-corrected chi connectivity index (χ1v) is 7.42. The molecule has 1 aliphatic rings. The van der Waals surface area contributed by atoms with Gasteiger partial charge in [-0.05, 0) is 38.5 Å². The molecule has 0 radical (unpaired) electrons. The largest absolute Gasteiger partial charge is 0.489 e. The molecule has 2 N–H and O–H groups in total. The molecule has 1 aliphatic heterocycles. The van der Waals surface area contributed by atoms with Gasteiger partial charge < -0.3 is 20.1 Å². The number of carbonyl (C=O) groups excluding carboxylic acids is 1. The lowest BCUT2D eigenvalue weighted by Gasteiger charge is -2.29. The number of hydrogen-bond donors (Lipinski definition) is 2. The third-order valence-electron chi connectivity index (χ3n) is 3.49. The highest BCUT2D eigenvalue weighted by Crippen LogP contribution is 2.14. The minimum absolute atomic E-state index is 0.0399. The second kappa shape index (κ2) is 7.43. The summed E-state index contributed by atoms with van der Waals surface area (Å²) in [4.78, 5) is 12.1. The average Bonchev–Trinajstić information content (AvgIpc) is 2.45. The molecule has 0 spiro atoms. The Bertz CT molecular complexity index is 478. The Kier molecular flexibility index (Phi) is 5.59. The number of carbonyl (C=O) groups is 1. The van der Waals surface area contributed by atoms with E-state index in [9.17, 15) is 4.79 Å². The van der Waals surface area contributed by atoms with Gasteiger partial charge in [-0.15, -0.1) is 0 Å². The van der Waals surface area contributed by atoms with Crippen molar-refractivity contribution in [3.8, 4) is 5.75 Å². The van der Waals surface area contributed by atoms with Crippen molar-refractivity contribution in [2.75, 3.05) is 19.7 Å². The standard InChI is InChI=1S/C16H24N2O3/c1-11-5-4-6-14(9-11)21-12(2)10-18-16(19)15-13(3)20-8-7-17-15/h4-6,9,12-13,15,17H,7-8,10H2,1-3H3,(H,18,19)/t12?,13-,15+/m1/s1. The molecule has 1 aromatic carbocycles. The molecular weight excluding hydrogens is 268 g/mol. The highest BCUT2D eigenvalue weighted by Gasteiger charge is 2.28. The maximum atomic E-state index is 12.1. The van der Waals surface area contributed by atoms with Gasteiger partial charge in [0.15, 0.2) is 0 Å². The third kappa shape index (κ3) is 4.72. The molecular formula is C16H24N2O3. The number of benzene rings is 1. The fourth-order valence-electron chi connectivity index (χ4n) is 2.34. The van der Waals surface area contributed by atoms with Crippen molar-refractivity contribution >= 4 is 5.91 Å². The van der Waals surface area contributed by atoms with Crippen LogP contribution in [-0.4, -0.2) is 43.9 Å². The van der Waals surface area contributed by atoms with Crippen LogP contribution in [0.5, 0.6) is 5.75 Å². The van der Waals surface area contributed by atoms with Crippen LogP contribution in [0.25, 0.3) is 0 Å². The molecule has 0 aliphatic carbocycles. The molecule has 0 bridgehead atoms. The number of aryl methyl sites for hydroxylation is 1. The third-order valence-corrected chi connectivity index (χ3v) is 3.49. The Labute approximate surface area is 126 Å². The van der Waals surface area contributed by atoms with Crippen LogP contribution >= 0.6 is 0 Å². The molecule has 1 amide bonds. The van der Waals surface area contributed by atoms with E-state index in [1.54, 1.807) is 0 Å². The number of morpholine rings is 1. The molecule has 1 heterocycles. The fourth-order valence-corrected chi connectivity index (χ4v) is 2.34. The minimum atomic E-state index is -0.287. The van der Waals surface area contributed by atoms with Crippen LogP contribution in [0.3, 0.4) is 0 Å². The second-order valence-electron chi connectivity index (χ2n) is 5.50. The first kappa shape index (κ1) is 15.8. The summed E-state index contributed by atoms with van der Waals surface area (Å²) < 4.78 is 11.3. The molecule has 1 saturated heterocycles. The summed E-state index contributed by atoms with van der Waals surface area (Å²) in [6.07, 6.45) is -0.192. The van der Waals surface area contributed by atoms with Gasteiger partial charge in [0, 0.05) is 6.54 Å². The van der Waals surface area contributed by atoms with E-state index in [1.165, 1.54) is 0 Å². The van der Waals surface area contributed by atoms with Gasteiger partial charge >= 0.3 is 0 Å². The molecule has 0 saturated carbocycles. The lowest BCUT2D eigenvalue weighted by Crippen LogP contribution is -2.56. The zero-order valence-electron chi connectivity index (χ0n) is 12.9. The van der Waals surface area contributed by atoms with Crippen LogP contribution in [0.15, 0.2) is 24.3 Å².